The molecule has 0 aliphatic carbocycles. The first-order chi connectivity index (χ1) is 20.7. The monoisotopic (exact) mass is 714 g/mol. The number of nitrogens with zero attached hydrogens (tertiary/aromatic N) is 4. The standard InChI is InChI=1S/4C8H15NO2.Zr/c4*1-7(6-8(2)10)9-4-5-11-3;/h4*6,10H,4-5H2,1-3H3;/q;;;;+4/p-4/b4*8-6-,9-7?;. The van der Waals surface area contributed by atoms with Gasteiger partial charge in [-0.15, -0.1) is 23.0 Å². The van der Waals surface area contributed by atoms with E-state index >= 15 is 0 Å². The minimum absolute atomic E-state index is 0. The predicted molar refractivity (Wildman–Crippen MR) is 174 cm³/mol. The predicted octanol–water partition coefficient (Wildman–Crippen LogP) is 1.43. The molecule has 0 amide bonds. The largest absolute Gasteiger partial charge is 4.00 e. The number of allylic oxidation sites excluding steroid dienone is 8. The summed E-state index contributed by atoms with van der Waals surface area (Å²) in [5.41, 5.74) is 3.04. The van der Waals surface area contributed by atoms with Gasteiger partial charge in [-0.25, -0.2) is 0 Å². The van der Waals surface area contributed by atoms with E-state index in [0.29, 0.717) is 52.6 Å². The molecule has 0 unspecified atom stereocenters. The van der Waals surface area contributed by atoms with E-state index < -0.39 is 0 Å². The minimum atomic E-state index is 0. The third kappa shape index (κ3) is 57.8. The second-order valence-electron chi connectivity index (χ2n) is 9.08. The fraction of sp³-hybridized carbons (Fsp3) is 0.625. The van der Waals surface area contributed by atoms with Gasteiger partial charge in [0.15, 0.2) is 0 Å². The first-order valence-electron chi connectivity index (χ1n) is 14.1. The van der Waals surface area contributed by atoms with Gasteiger partial charge in [-0.3, -0.25) is 20.0 Å². The van der Waals surface area contributed by atoms with Gasteiger partial charge in [0.2, 0.25) is 0 Å². The van der Waals surface area contributed by atoms with Gasteiger partial charge in [-0.05, 0) is 27.7 Å². The molecule has 0 aromatic rings. The zero-order chi connectivity index (χ0) is 34.8. The van der Waals surface area contributed by atoms with Gasteiger partial charge in [0, 0.05) is 51.3 Å². The van der Waals surface area contributed by atoms with E-state index in [0.717, 1.165) is 22.8 Å². The Bertz CT molecular complexity index is 789. The molecular weight excluding hydrogens is 660 g/mol. The number of aliphatic imine (C=N–C) groups is 4. The molecule has 0 aromatic heterocycles. The van der Waals surface area contributed by atoms with Gasteiger partial charge < -0.3 is 39.4 Å². The van der Waals surface area contributed by atoms with Crippen LogP contribution in [-0.2, 0) is 45.2 Å². The maximum atomic E-state index is 10.5. The molecule has 0 saturated heterocycles. The fourth-order valence-electron chi connectivity index (χ4n) is 2.61. The van der Waals surface area contributed by atoms with Crippen LogP contribution in [0.3, 0.4) is 0 Å². The van der Waals surface area contributed by atoms with Crippen molar-refractivity contribution in [2.75, 3.05) is 81.0 Å². The maximum Gasteiger partial charge on any atom is 4.00 e. The molecule has 0 N–H and O–H groups in total. The molecule has 0 radical (unpaired) electrons. The molecule has 0 saturated carbocycles. The zero-order valence-electron chi connectivity index (χ0n) is 29.5. The summed E-state index contributed by atoms with van der Waals surface area (Å²) < 4.78 is 19.2. The topological polar surface area (TPSA) is 179 Å². The summed E-state index contributed by atoms with van der Waals surface area (Å²) in [6, 6.07) is 0. The van der Waals surface area contributed by atoms with E-state index in [2.05, 4.69) is 20.0 Å². The normalized spacial score (nSPS) is 13.4. The van der Waals surface area contributed by atoms with Crippen LogP contribution in [0.15, 0.2) is 67.3 Å². The molecule has 0 aromatic carbocycles. The van der Waals surface area contributed by atoms with Gasteiger partial charge >= 0.3 is 26.2 Å². The summed E-state index contributed by atoms with van der Waals surface area (Å²) in [5, 5.41) is 42.1. The van der Waals surface area contributed by atoms with Gasteiger partial charge in [0.25, 0.3) is 0 Å². The van der Waals surface area contributed by atoms with Gasteiger partial charge in [-0.1, -0.05) is 52.0 Å². The molecule has 0 atom stereocenters. The number of rotatable bonds is 16. The fourth-order valence-corrected chi connectivity index (χ4v) is 2.61. The minimum Gasteiger partial charge on any atom is -0.876 e. The van der Waals surface area contributed by atoms with Gasteiger partial charge in [0.1, 0.15) is 0 Å². The summed E-state index contributed by atoms with van der Waals surface area (Å²) >= 11 is 0. The average molecular weight is 716 g/mol. The summed E-state index contributed by atoms with van der Waals surface area (Å²) in [6.07, 6.45) is 6.04. The molecule has 0 fully saturated rings. The number of hydrogen-bond donors (Lipinski definition) is 0. The van der Waals surface area contributed by atoms with Crippen LogP contribution in [0.25, 0.3) is 0 Å². The first kappa shape index (κ1) is 52.1. The van der Waals surface area contributed by atoms with E-state index in [1.54, 1.807) is 56.1 Å². The summed E-state index contributed by atoms with van der Waals surface area (Å²) in [5.74, 6) is 0.125. The van der Waals surface area contributed by atoms with Crippen molar-refractivity contribution in [3.8, 4) is 0 Å². The Hall–Kier alpha value is -2.44. The van der Waals surface area contributed by atoms with Crippen LogP contribution >= 0.6 is 0 Å². The van der Waals surface area contributed by atoms with Crippen LogP contribution in [-0.4, -0.2) is 104 Å². The molecule has 12 nitrogen and oxygen atoms in total. The van der Waals surface area contributed by atoms with Crippen molar-refractivity contribution in [1.82, 2.24) is 0 Å². The molecule has 0 bridgehead atoms. The van der Waals surface area contributed by atoms with Crippen molar-refractivity contribution in [1.29, 1.82) is 0 Å². The van der Waals surface area contributed by atoms with E-state index in [9.17, 15) is 20.4 Å². The molecule has 256 valence electrons. The smallest absolute Gasteiger partial charge is 0.876 e. The Morgan fingerprint density at radius 1 is 0.400 bits per heavy atom. The second-order valence-corrected chi connectivity index (χ2v) is 9.08. The van der Waals surface area contributed by atoms with Crippen molar-refractivity contribution in [2.45, 2.75) is 55.4 Å². The third-order valence-electron chi connectivity index (χ3n) is 4.28. The van der Waals surface area contributed by atoms with Crippen LogP contribution in [0.5, 0.6) is 0 Å². The Morgan fingerprint density at radius 2 is 0.556 bits per heavy atom. The van der Waals surface area contributed by atoms with Crippen LogP contribution in [0.2, 0.25) is 0 Å². The molecular formula is C32H56N4O8Zr. The van der Waals surface area contributed by atoms with Crippen molar-refractivity contribution < 1.29 is 65.6 Å². The van der Waals surface area contributed by atoms with Crippen LogP contribution in [0.4, 0.5) is 0 Å². The number of ether oxygens (including phenoxy) is 4. The van der Waals surface area contributed by atoms with Crippen molar-refractivity contribution >= 4 is 22.8 Å². The molecule has 0 aliphatic rings. The van der Waals surface area contributed by atoms with E-state index in [-0.39, 0.29) is 49.2 Å². The molecule has 0 rings (SSSR count). The van der Waals surface area contributed by atoms with Crippen molar-refractivity contribution in [3.63, 3.8) is 0 Å². The average Bonchev–Trinajstić information content (AvgIpc) is 2.89. The number of methoxy groups -OCH3 is 4. The molecule has 0 aliphatic heterocycles. The summed E-state index contributed by atoms with van der Waals surface area (Å²) in [7, 11) is 6.50. The maximum absolute atomic E-state index is 10.5. The Balaban J connectivity index is -0.000000157. The summed E-state index contributed by atoms with van der Waals surface area (Å²) in [4.78, 5) is 16.3. The van der Waals surface area contributed by atoms with Crippen LogP contribution in [0, 0.1) is 0 Å². The van der Waals surface area contributed by atoms with Gasteiger partial charge in [0.05, 0.1) is 52.6 Å². The SMILES string of the molecule is COCCN=C(C)/C=C(/C)[O-].COCCN=C(C)/C=C(/C)[O-].COCCN=C(C)/C=C(/C)[O-].COCCN=C(C)/C=C(/C)[O-].[Zr+4]. The first-order valence-corrected chi connectivity index (χ1v) is 14.1. The van der Waals surface area contributed by atoms with Gasteiger partial charge in [-0.2, -0.15) is 0 Å². The van der Waals surface area contributed by atoms with Crippen molar-refractivity contribution in [2.24, 2.45) is 20.0 Å². The zero-order valence-corrected chi connectivity index (χ0v) is 32.0. The second kappa shape index (κ2) is 39.6. The molecule has 0 spiro atoms. The van der Waals surface area contributed by atoms with E-state index in [1.165, 1.54) is 52.0 Å². The quantitative estimate of drug-likeness (QED) is 0.131. The molecule has 13 heteroatoms. The van der Waals surface area contributed by atoms with Crippen molar-refractivity contribution in [3.05, 3.63) is 47.3 Å². The number of hydrogen-bond acceptors (Lipinski definition) is 12. The van der Waals surface area contributed by atoms with Crippen LogP contribution in [0.1, 0.15) is 55.4 Å². The Kier molecular flexibility index (Phi) is 45.8. The van der Waals surface area contributed by atoms with E-state index in [1.807, 2.05) is 0 Å². The molecule has 0 heterocycles. The Labute approximate surface area is 291 Å². The van der Waals surface area contributed by atoms with Crippen LogP contribution < -0.4 is 20.4 Å². The summed E-state index contributed by atoms with van der Waals surface area (Å²) in [6.45, 7) is 18.1. The third-order valence-corrected chi connectivity index (χ3v) is 4.28. The molecule has 45 heavy (non-hydrogen) atoms. The Morgan fingerprint density at radius 3 is 0.667 bits per heavy atom. The van der Waals surface area contributed by atoms with E-state index in [4.69, 9.17) is 18.9 Å².